The van der Waals surface area contributed by atoms with Gasteiger partial charge in [0.05, 0.1) is 23.7 Å². The predicted molar refractivity (Wildman–Crippen MR) is 117 cm³/mol. The van der Waals surface area contributed by atoms with Crippen LogP contribution in [0.2, 0.25) is 0 Å². The maximum Gasteiger partial charge on any atom is 0.412 e. The van der Waals surface area contributed by atoms with Crippen LogP contribution in [0.15, 0.2) is 10.6 Å². The maximum atomic E-state index is 12.9. The van der Waals surface area contributed by atoms with E-state index in [1.165, 1.54) is 28.5 Å². The van der Waals surface area contributed by atoms with E-state index in [4.69, 9.17) is 5.73 Å². The first-order chi connectivity index (χ1) is 15.7. The van der Waals surface area contributed by atoms with E-state index >= 15 is 0 Å². The Morgan fingerprint density at radius 2 is 1.94 bits per heavy atom. The Bertz CT molecular complexity index is 883. The normalized spacial score (nSPS) is 30.9. The van der Waals surface area contributed by atoms with Gasteiger partial charge in [-0.2, -0.15) is 13.2 Å². The molecule has 192 valence electrons. The fraction of sp³-hybridized carbons (Fsp3) is 0.750. The monoisotopic (exact) mass is 509 g/mol. The number of nitrogens with two attached hydrogens (primary N) is 1. The molecule has 3 rings (SSSR count). The van der Waals surface area contributed by atoms with E-state index in [9.17, 15) is 37.8 Å². The van der Waals surface area contributed by atoms with Crippen molar-refractivity contribution < 1.29 is 37.8 Å². The average molecular weight is 510 g/mol. The second-order valence-corrected chi connectivity index (χ2v) is 10.5. The molecule has 6 N–H and O–H groups in total. The van der Waals surface area contributed by atoms with Crippen LogP contribution in [0.4, 0.5) is 13.2 Å². The zero-order valence-corrected chi connectivity index (χ0v) is 20.0. The van der Waals surface area contributed by atoms with Crippen molar-refractivity contribution in [2.24, 2.45) is 17.6 Å². The van der Waals surface area contributed by atoms with Crippen molar-refractivity contribution in [3.05, 3.63) is 10.6 Å². The Labute approximate surface area is 199 Å². The Hall–Kier alpha value is -1.87. The quantitative estimate of drug-likeness (QED) is 0.215. The summed E-state index contributed by atoms with van der Waals surface area (Å²) in [6.07, 6.45) is -6.34. The van der Waals surface area contributed by atoms with E-state index in [0.717, 1.165) is 0 Å². The fourth-order valence-corrected chi connectivity index (χ4v) is 6.31. The molecule has 0 radical (unpaired) electrons. The number of alkyl halides is 3. The molecule has 2 saturated heterocycles. The van der Waals surface area contributed by atoms with Gasteiger partial charge in [0.2, 0.25) is 17.7 Å². The van der Waals surface area contributed by atoms with Gasteiger partial charge in [-0.25, -0.2) is 0 Å². The van der Waals surface area contributed by atoms with E-state index in [1.54, 1.807) is 21.0 Å². The molecular weight excluding hydrogens is 479 g/mol. The Kier molecular flexibility index (Phi) is 7.58. The summed E-state index contributed by atoms with van der Waals surface area (Å²) in [5.74, 6) is -3.23. The van der Waals surface area contributed by atoms with E-state index in [1.807, 2.05) is 0 Å². The van der Waals surface area contributed by atoms with Gasteiger partial charge >= 0.3 is 6.18 Å². The molecule has 0 aromatic carbocycles. The van der Waals surface area contributed by atoms with Crippen molar-refractivity contribution in [3.8, 4) is 0 Å². The minimum Gasteiger partial charge on any atom is -0.363 e. The number of amides is 3. The molecule has 34 heavy (non-hydrogen) atoms. The van der Waals surface area contributed by atoms with E-state index in [2.05, 4.69) is 10.6 Å². The highest BCUT2D eigenvalue weighted by atomic mass is 32.2. The van der Waals surface area contributed by atoms with Crippen LogP contribution < -0.4 is 16.4 Å². The fourth-order valence-electron chi connectivity index (χ4n) is 4.81. The number of carbonyl (C=O) groups excluding carboxylic acids is 3. The Morgan fingerprint density at radius 3 is 2.47 bits per heavy atom. The summed E-state index contributed by atoms with van der Waals surface area (Å²) in [4.78, 5) is 40.3. The second kappa shape index (κ2) is 9.64. The lowest BCUT2D eigenvalue weighted by Crippen LogP contribution is -2.67. The summed E-state index contributed by atoms with van der Waals surface area (Å²) in [5, 5.41) is 25.3. The minimum atomic E-state index is -4.92. The minimum absolute atomic E-state index is 0.0386. The first-order valence-electron chi connectivity index (χ1n) is 10.8. The average Bonchev–Trinajstić information content (AvgIpc) is 3.28. The number of thioether (sulfide) groups is 1. The molecule has 0 spiro atoms. The number of hydrogen-bond acceptors (Lipinski definition) is 8. The number of halogens is 3. The van der Waals surface area contributed by atoms with Crippen molar-refractivity contribution in [1.82, 2.24) is 20.4 Å². The molecular formula is C20H30F3N5O5S. The highest BCUT2D eigenvalue weighted by molar-refractivity contribution is 8.03. The van der Waals surface area contributed by atoms with Crippen LogP contribution in [0.25, 0.3) is 0 Å². The molecule has 7 atom stereocenters. The van der Waals surface area contributed by atoms with Gasteiger partial charge in [0, 0.05) is 42.8 Å². The van der Waals surface area contributed by atoms with Gasteiger partial charge in [-0.1, -0.05) is 6.92 Å². The molecule has 0 aromatic rings. The van der Waals surface area contributed by atoms with Gasteiger partial charge in [0.15, 0.2) is 12.3 Å². The lowest BCUT2D eigenvalue weighted by atomic mass is 9.78. The molecule has 1 unspecified atom stereocenters. The SMILES string of the molecule is C[C@@H](NC(=O)C(N)C(F)(F)F)[C@H]1C(=O)N2C(C(O)O)=C(S[C@@H]3CN[C@H](C(=O)N(C)C)C3)[C@H](C)[C@H]12. The van der Waals surface area contributed by atoms with E-state index < -0.39 is 48.3 Å². The summed E-state index contributed by atoms with van der Waals surface area (Å²) in [6.45, 7) is 3.71. The highest BCUT2D eigenvalue weighted by Gasteiger charge is 2.60. The van der Waals surface area contributed by atoms with Crippen LogP contribution in [0, 0.1) is 11.8 Å². The lowest BCUT2D eigenvalue weighted by Gasteiger charge is -2.48. The van der Waals surface area contributed by atoms with Crippen molar-refractivity contribution in [2.75, 3.05) is 20.6 Å². The van der Waals surface area contributed by atoms with Crippen LogP contribution in [-0.4, -0.2) is 100 Å². The zero-order valence-electron chi connectivity index (χ0n) is 19.2. The van der Waals surface area contributed by atoms with Crippen molar-refractivity contribution >= 4 is 29.5 Å². The van der Waals surface area contributed by atoms with Gasteiger partial charge in [0.25, 0.3) is 0 Å². The summed E-state index contributed by atoms with van der Waals surface area (Å²) >= 11 is 1.35. The van der Waals surface area contributed by atoms with Crippen molar-refractivity contribution in [1.29, 1.82) is 0 Å². The number of aliphatic hydroxyl groups is 2. The van der Waals surface area contributed by atoms with Crippen LogP contribution in [0.1, 0.15) is 20.3 Å². The number of hydrogen-bond donors (Lipinski definition) is 5. The number of nitrogens with one attached hydrogen (secondary N) is 2. The number of rotatable bonds is 7. The third-order valence-corrected chi connectivity index (χ3v) is 8.07. The standard InChI is InChI=1S/C20H30F3N5O5S/c1-7-12-11(8(2)26-16(29)15(24)20(21,22)23)18(31)28(12)13(19(32)33)14(7)34-9-5-10(25-6-9)17(30)27(3)4/h7-12,15,19,25,32-33H,5-6,24H2,1-4H3,(H,26,29)/t7-,8-,9+,10+,11-,12-,15?/m1/s1. The van der Waals surface area contributed by atoms with E-state index in [0.29, 0.717) is 17.9 Å². The number of aliphatic hydroxyl groups excluding tert-OH is 1. The van der Waals surface area contributed by atoms with Gasteiger partial charge in [-0.15, -0.1) is 11.8 Å². The van der Waals surface area contributed by atoms with Crippen LogP contribution in [0.5, 0.6) is 0 Å². The van der Waals surface area contributed by atoms with Crippen LogP contribution in [0.3, 0.4) is 0 Å². The number of fused-ring (bicyclic) bond motifs is 1. The van der Waals surface area contributed by atoms with Gasteiger partial charge in [-0.05, 0) is 13.3 Å². The summed E-state index contributed by atoms with van der Waals surface area (Å²) in [7, 11) is 3.31. The zero-order chi connectivity index (χ0) is 25.7. The molecule has 0 saturated carbocycles. The van der Waals surface area contributed by atoms with Gasteiger partial charge < -0.3 is 36.4 Å². The third kappa shape index (κ3) is 4.78. The maximum absolute atomic E-state index is 12.9. The highest BCUT2D eigenvalue weighted by Crippen LogP contribution is 2.52. The van der Waals surface area contributed by atoms with Crippen molar-refractivity contribution in [2.45, 2.75) is 62.2 Å². The first kappa shape index (κ1) is 26.7. The number of β-lactam (4-membered cyclic amide) rings is 1. The number of carbonyl (C=O) groups is 3. The molecule has 3 aliphatic heterocycles. The van der Waals surface area contributed by atoms with Gasteiger partial charge in [-0.3, -0.25) is 14.4 Å². The van der Waals surface area contributed by atoms with Gasteiger partial charge in [0.1, 0.15) is 0 Å². The lowest BCUT2D eigenvalue weighted by molar-refractivity contribution is -0.165. The molecule has 0 aromatic heterocycles. The number of nitrogens with zero attached hydrogens (tertiary/aromatic N) is 2. The van der Waals surface area contributed by atoms with Crippen LogP contribution in [-0.2, 0) is 14.4 Å². The first-order valence-corrected chi connectivity index (χ1v) is 11.7. The summed E-state index contributed by atoms with van der Waals surface area (Å²) < 4.78 is 38.3. The summed E-state index contributed by atoms with van der Waals surface area (Å²) in [5.41, 5.74) is 4.99. The predicted octanol–water partition coefficient (Wildman–Crippen LogP) is -1.07. The molecule has 2 fully saturated rings. The van der Waals surface area contributed by atoms with Crippen LogP contribution >= 0.6 is 11.8 Å². The molecule has 14 heteroatoms. The largest absolute Gasteiger partial charge is 0.412 e. The van der Waals surface area contributed by atoms with Crippen molar-refractivity contribution in [3.63, 3.8) is 0 Å². The smallest absolute Gasteiger partial charge is 0.363 e. The molecule has 3 heterocycles. The Morgan fingerprint density at radius 1 is 1.32 bits per heavy atom. The topological polar surface area (TPSA) is 148 Å². The molecule has 3 amide bonds. The molecule has 10 nitrogen and oxygen atoms in total. The summed E-state index contributed by atoms with van der Waals surface area (Å²) in [6, 6.07) is -4.59. The molecule has 0 aliphatic carbocycles. The molecule has 0 bridgehead atoms. The number of likely N-dealkylation sites (N-methyl/N-ethyl adjacent to an activating group) is 1. The second-order valence-electron chi connectivity index (χ2n) is 9.12. The third-order valence-electron chi connectivity index (χ3n) is 6.54. The Balaban J connectivity index is 1.73. The molecule has 3 aliphatic rings. The van der Waals surface area contributed by atoms with E-state index in [-0.39, 0.29) is 28.8 Å².